The fraction of sp³-hybridized carbons (Fsp3) is 0.286. The molecule has 1 aliphatic heterocycles. The second-order valence-electron chi connectivity index (χ2n) is 7.43. The number of piperidine rings is 1. The summed E-state index contributed by atoms with van der Waals surface area (Å²) in [6.45, 7) is 2.92. The van der Waals surface area contributed by atoms with Crippen LogP contribution in [-0.2, 0) is 6.54 Å². The average Bonchev–Trinajstić information content (AvgIpc) is 3.08. The van der Waals surface area contributed by atoms with E-state index >= 15 is 0 Å². The van der Waals surface area contributed by atoms with Crippen LogP contribution >= 0.6 is 0 Å². The molecule has 2 aromatic carbocycles. The molecule has 7 heteroatoms. The van der Waals surface area contributed by atoms with Gasteiger partial charge < -0.3 is 16.2 Å². The summed E-state index contributed by atoms with van der Waals surface area (Å²) in [6, 6.07) is 11.4. The number of phenolic OH excluding ortho intramolecular Hbond substituents is 1. The van der Waals surface area contributed by atoms with Gasteiger partial charge in [-0.05, 0) is 60.8 Å². The lowest BCUT2D eigenvalue weighted by atomic mass is 9.98. The molecule has 3 heterocycles. The largest absolute Gasteiger partial charge is 0.508 e. The van der Waals surface area contributed by atoms with E-state index in [-0.39, 0.29) is 5.75 Å². The molecule has 1 aliphatic rings. The maximum absolute atomic E-state index is 9.70. The van der Waals surface area contributed by atoms with Crippen molar-refractivity contribution >= 4 is 27.6 Å². The second-order valence-corrected chi connectivity index (χ2v) is 7.43. The summed E-state index contributed by atoms with van der Waals surface area (Å²) in [4.78, 5) is 8.69. The first kappa shape index (κ1) is 16.9. The molecule has 0 aliphatic carbocycles. The Morgan fingerprint density at radius 3 is 2.71 bits per heavy atom. The van der Waals surface area contributed by atoms with Crippen molar-refractivity contribution in [2.45, 2.75) is 19.4 Å². The Morgan fingerprint density at radius 2 is 1.86 bits per heavy atom. The predicted molar refractivity (Wildman–Crippen MR) is 110 cm³/mol. The maximum Gasteiger partial charge on any atom is 0.163 e. The van der Waals surface area contributed by atoms with Crippen LogP contribution < -0.4 is 11.1 Å². The molecule has 0 amide bonds. The van der Waals surface area contributed by atoms with Crippen molar-refractivity contribution in [3.63, 3.8) is 0 Å². The van der Waals surface area contributed by atoms with Gasteiger partial charge in [-0.3, -0.25) is 0 Å². The van der Waals surface area contributed by atoms with Gasteiger partial charge in [0.25, 0.3) is 0 Å². The SMILES string of the molecule is Nc1ncnc2c1c(-c1ccc3cc(O)ccc3c1)nn2CC1CCNCC1. The van der Waals surface area contributed by atoms with Crippen LogP contribution in [0.2, 0.25) is 0 Å². The topological polar surface area (TPSA) is 102 Å². The molecule has 0 spiro atoms. The van der Waals surface area contributed by atoms with Crippen LogP contribution in [0.15, 0.2) is 42.7 Å². The molecular weight excluding hydrogens is 352 g/mol. The van der Waals surface area contributed by atoms with Crippen molar-refractivity contribution in [1.82, 2.24) is 25.1 Å². The van der Waals surface area contributed by atoms with E-state index in [1.807, 2.05) is 22.9 Å². The normalized spacial score (nSPS) is 15.4. The van der Waals surface area contributed by atoms with Crippen LogP contribution in [0.5, 0.6) is 5.75 Å². The molecule has 0 radical (unpaired) electrons. The van der Waals surface area contributed by atoms with Crippen molar-refractivity contribution in [2.24, 2.45) is 5.92 Å². The highest BCUT2D eigenvalue weighted by molar-refractivity contribution is 6.00. The van der Waals surface area contributed by atoms with Crippen LogP contribution in [-0.4, -0.2) is 37.9 Å². The van der Waals surface area contributed by atoms with E-state index in [1.165, 1.54) is 6.33 Å². The number of nitrogen functional groups attached to an aromatic ring is 1. The molecule has 0 unspecified atom stereocenters. The number of hydrogen-bond donors (Lipinski definition) is 3. The van der Waals surface area contributed by atoms with Crippen molar-refractivity contribution in [1.29, 1.82) is 0 Å². The van der Waals surface area contributed by atoms with Crippen LogP contribution in [0, 0.1) is 5.92 Å². The summed E-state index contributed by atoms with van der Waals surface area (Å²) in [5.41, 5.74) is 8.78. The zero-order chi connectivity index (χ0) is 19.1. The first-order valence-electron chi connectivity index (χ1n) is 9.60. The van der Waals surface area contributed by atoms with Crippen molar-refractivity contribution in [3.05, 3.63) is 42.7 Å². The fourth-order valence-electron chi connectivity index (χ4n) is 4.05. The molecule has 7 nitrogen and oxygen atoms in total. The van der Waals surface area contributed by atoms with E-state index < -0.39 is 0 Å². The molecule has 28 heavy (non-hydrogen) atoms. The lowest BCUT2D eigenvalue weighted by Crippen LogP contribution is -2.30. The van der Waals surface area contributed by atoms with Gasteiger partial charge in [-0.15, -0.1) is 0 Å². The Balaban J connectivity index is 1.63. The van der Waals surface area contributed by atoms with Gasteiger partial charge >= 0.3 is 0 Å². The average molecular weight is 374 g/mol. The van der Waals surface area contributed by atoms with Crippen LogP contribution in [0.3, 0.4) is 0 Å². The van der Waals surface area contributed by atoms with Gasteiger partial charge in [0.1, 0.15) is 23.6 Å². The number of benzene rings is 2. The number of phenols is 1. The van der Waals surface area contributed by atoms with Crippen LogP contribution in [0.1, 0.15) is 12.8 Å². The standard InChI is InChI=1S/C21H22N6O/c22-20-18-19(16-2-1-15-10-17(28)4-3-14(15)9-16)26-27(21(18)25-12-24-20)11-13-5-7-23-8-6-13/h1-4,9-10,12-13,23,28H,5-8,11H2,(H2,22,24,25). The maximum atomic E-state index is 9.70. The Bertz CT molecular complexity index is 1160. The zero-order valence-electron chi connectivity index (χ0n) is 15.5. The van der Waals surface area contributed by atoms with Gasteiger partial charge in [0.05, 0.1) is 5.39 Å². The monoisotopic (exact) mass is 374 g/mol. The van der Waals surface area contributed by atoms with E-state index in [4.69, 9.17) is 10.8 Å². The summed E-state index contributed by atoms with van der Waals surface area (Å²) in [6.07, 6.45) is 3.78. The van der Waals surface area contributed by atoms with Gasteiger partial charge in [0.15, 0.2) is 5.65 Å². The minimum Gasteiger partial charge on any atom is -0.508 e. The van der Waals surface area contributed by atoms with Crippen molar-refractivity contribution in [2.75, 3.05) is 18.8 Å². The molecule has 0 atom stereocenters. The molecule has 0 bridgehead atoms. The molecule has 2 aromatic heterocycles. The number of rotatable bonds is 3. The first-order valence-corrected chi connectivity index (χ1v) is 9.60. The third-order valence-electron chi connectivity index (χ3n) is 5.55. The van der Waals surface area contributed by atoms with Crippen molar-refractivity contribution < 1.29 is 5.11 Å². The number of fused-ring (bicyclic) bond motifs is 2. The molecule has 0 saturated carbocycles. The van der Waals surface area contributed by atoms with E-state index in [9.17, 15) is 5.11 Å². The lowest BCUT2D eigenvalue weighted by molar-refractivity contribution is 0.325. The molecule has 1 saturated heterocycles. The molecular formula is C21H22N6O. The third-order valence-corrected chi connectivity index (χ3v) is 5.55. The number of hydrogen-bond acceptors (Lipinski definition) is 6. The Kier molecular flexibility index (Phi) is 4.09. The summed E-state index contributed by atoms with van der Waals surface area (Å²) < 4.78 is 1.99. The minimum absolute atomic E-state index is 0.259. The van der Waals surface area contributed by atoms with E-state index in [0.29, 0.717) is 11.7 Å². The van der Waals surface area contributed by atoms with Gasteiger partial charge in [-0.25, -0.2) is 14.6 Å². The molecule has 4 aromatic rings. The minimum atomic E-state index is 0.259. The highest BCUT2D eigenvalue weighted by atomic mass is 16.3. The quantitative estimate of drug-likeness (QED) is 0.510. The summed E-state index contributed by atoms with van der Waals surface area (Å²) in [7, 11) is 0. The number of nitrogens with two attached hydrogens (primary N) is 1. The Hall–Kier alpha value is -3.19. The number of nitrogens with one attached hydrogen (secondary N) is 1. The summed E-state index contributed by atoms with van der Waals surface area (Å²) in [5.74, 6) is 1.28. The Labute approximate surface area is 162 Å². The van der Waals surface area contributed by atoms with E-state index in [2.05, 4.69) is 21.4 Å². The van der Waals surface area contributed by atoms with Gasteiger partial charge in [0.2, 0.25) is 0 Å². The fourth-order valence-corrected chi connectivity index (χ4v) is 4.05. The van der Waals surface area contributed by atoms with Crippen LogP contribution in [0.4, 0.5) is 5.82 Å². The Morgan fingerprint density at radius 1 is 1.07 bits per heavy atom. The van der Waals surface area contributed by atoms with Gasteiger partial charge in [0, 0.05) is 12.1 Å². The van der Waals surface area contributed by atoms with E-state index in [1.54, 1.807) is 12.1 Å². The zero-order valence-corrected chi connectivity index (χ0v) is 15.5. The van der Waals surface area contributed by atoms with Crippen molar-refractivity contribution in [3.8, 4) is 17.0 Å². The predicted octanol–water partition coefficient (Wildman–Crippen LogP) is 2.93. The molecule has 1 fully saturated rings. The number of aromatic hydroxyl groups is 1. The molecule has 4 N–H and O–H groups in total. The van der Waals surface area contributed by atoms with Crippen LogP contribution in [0.25, 0.3) is 33.1 Å². The molecule has 5 rings (SSSR count). The summed E-state index contributed by atoms with van der Waals surface area (Å²) >= 11 is 0. The van der Waals surface area contributed by atoms with Gasteiger partial charge in [-0.2, -0.15) is 5.10 Å². The first-order chi connectivity index (χ1) is 13.7. The van der Waals surface area contributed by atoms with E-state index in [0.717, 1.165) is 65.5 Å². The lowest BCUT2D eigenvalue weighted by Gasteiger charge is -2.22. The summed E-state index contributed by atoms with van der Waals surface area (Å²) in [5, 5.41) is 20.8. The second kappa shape index (κ2) is 6.76. The number of anilines is 1. The molecule has 142 valence electrons. The van der Waals surface area contributed by atoms with Gasteiger partial charge in [-0.1, -0.05) is 18.2 Å². The highest BCUT2D eigenvalue weighted by Crippen LogP contribution is 2.33. The third kappa shape index (κ3) is 2.93. The number of nitrogens with zero attached hydrogens (tertiary/aromatic N) is 4. The highest BCUT2D eigenvalue weighted by Gasteiger charge is 2.20. The number of aromatic nitrogens is 4. The smallest absolute Gasteiger partial charge is 0.163 e.